The molecule has 0 aliphatic heterocycles. The predicted molar refractivity (Wildman–Crippen MR) is 206 cm³/mol. The first kappa shape index (κ1) is 36.3. The van der Waals surface area contributed by atoms with Crippen molar-refractivity contribution in [2.24, 2.45) is 0 Å². The van der Waals surface area contributed by atoms with Crippen LogP contribution in [0.25, 0.3) is 44.4 Å². The summed E-state index contributed by atoms with van der Waals surface area (Å²) >= 11 is 0. The molecule has 3 aromatic heterocycles. The van der Waals surface area contributed by atoms with Crippen LogP contribution in [0.2, 0.25) is 0 Å². The van der Waals surface area contributed by atoms with E-state index in [4.69, 9.17) is 14.8 Å². The molecular formula is C45H46N4OPd. The topological polar surface area (TPSA) is 44.9 Å². The fourth-order valence-electron chi connectivity index (χ4n) is 7.25. The van der Waals surface area contributed by atoms with Gasteiger partial charge in [0.05, 0.1) is 5.69 Å². The molecule has 0 spiro atoms. The fourth-order valence-corrected chi connectivity index (χ4v) is 7.25. The average molecular weight is 765 g/mol. The van der Waals surface area contributed by atoms with Gasteiger partial charge in [0.25, 0.3) is 0 Å². The number of benzene rings is 4. The molecule has 0 N–H and O–H groups in total. The third kappa shape index (κ3) is 6.80. The van der Waals surface area contributed by atoms with Gasteiger partial charge in [0.15, 0.2) is 0 Å². The SMILES string of the molecule is CCCc1ccnc(-n2c3[c-]c(Oc4[c-]c(-n5nc(C)c(-c6c(CC)cccc6CC)c5C)cc(C(C)(C)C)c4)ccc3c3ccccc32)c1.[Pd+2]. The molecule has 262 valence electrons. The molecule has 51 heavy (non-hydrogen) atoms. The van der Waals surface area contributed by atoms with Gasteiger partial charge in [-0.15, -0.1) is 41.3 Å². The number of ether oxygens (including phenoxy) is 1. The molecule has 0 bridgehead atoms. The van der Waals surface area contributed by atoms with Gasteiger partial charge in [-0.1, -0.05) is 89.9 Å². The number of aryl methyl sites for hydroxylation is 4. The summed E-state index contributed by atoms with van der Waals surface area (Å²) in [6, 6.07) is 35.1. The van der Waals surface area contributed by atoms with Gasteiger partial charge in [0.1, 0.15) is 5.82 Å². The van der Waals surface area contributed by atoms with Gasteiger partial charge in [-0.2, -0.15) is 11.2 Å². The summed E-state index contributed by atoms with van der Waals surface area (Å²) in [4.78, 5) is 4.81. The smallest absolute Gasteiger partial charge is 0.509 e. The number of para-hydroxylation sites is 1. The summed E-state index contributed by atoms with van der Waals surface area (Å²) < 4.78 is 10.9. The van der Waals surface area contributed by atoms with Crippen LogP contribution in [0.15, 0.2) is 85.1 Å². The third-order valence-corrected chi connectivity index (χ3v) is 9.82. The van der Waals surface area contributed by atoms with Crippen LogP contribution >= 0.6 is 0 Å². The van der Waals surface area contributed by atoms with Gasteiger partial charge in [0.2, 0.25) is 0 Å². The Balaban J connectivity index is 0.00000448. The number of hydrogen-bond donors (Lipinski definition) is 0. The van der Waals surface area contributed by atoms with Crippen LogP contribution in [0.5, 0.6) is 11.5 Å². The summed E-state index contributed by atoms with van der Waals surface area (Å²) in [5.74, 6) is 2.14. The van der Waals surface area contributed by atoms with Crippen LogP contribution in [0.1, 0.15) is 81.6 Å². The molecule has 5 nitrogen and oxygen atoms in total. The van der Waals surface area contributed by atoms with Gasteiger partial charge in [-0.3, -0.25) is 4.68 Å². The molecule has 0 saturated heterocycles. The minimum atomic E-state index is -0.125. The number of aromatic nitrogens is 4. The van der Waals surface area contributed by atoms with Crippen LogP contribution in [-0.4, -0.2) is 19.3 Å². The molecular weight excluding hydrogens is 719 g/mol. The van der Waals surface area contributed by atoms with Crippen molar-refractivity contribution in [2.45, 2.75) is 86.5 Å². The molecule has 6 heteroatoms. The van der Waals surface area contributed by atoms with Crippen molar-refractivity contribution in [2.75, 3.05) is 0 Å². The van der Waals surface area contributed by atoms with E-state index in [1.807, 2.05) is 16.9 Å². The number of rotatable bonds is 9. The molecule has 0 aliphatic rings. The minimum absolute atomic E-state index is 0. The number of pyridine rings is 1. The quantitative estimate of drug-likeness (QED) is 0.109. The molecule has 3 heterocycles. The normalized spacial score (nSPS) is 11.7. The number of hydrogen-bond acceptors (Lipinski definition) is 3. The van der Waals surface area contributed by atoms with Gasteiger partial charge >= 0.3 is 20.4 Å². The zero-order valence-electron chi connectivity index (χ0n) is 30.9. The third-order valence-electron chi connectivity index (χ3n) is 9.82. The molecule has 7 rings (SSSR count). The molecule has 0 amide bonds. The average Bonchev–Trinajstić information content (AvgIpc) is 3.59. The zero-order chi connectivity index (χ0) is 35.2. The summed E-state index contributed by atoms with van der Waals surface area (Å²) in [7, 11) is 0. The van der Waals surface area contributed by atoms with Crippen molar-refractivity contribution in [1.82, 2.24) is 19.3 Å². The van der Waals surface area contributed by atoms with E-state index >= 15 is 0 Å². The Kier molecular flexibility index (Phi) is 10.4. The van der Waals surface area contributed by atoms with Gasteiger partial charge < -0.3 is 9.30 Å². The van der Waals surface area contributed by atoms with Crippen LogP contribution < -0.4 is 4.74 Å². The van der Waals surface area contributed by atoms with E-state index in [1.54, 1.807) is 0 Å². The van der Waals surface area contributed by atoms with Crippen molar-refractivity contribution in [3.05, 3.63) is 131 Å². The Morgan fingerprint density at radius 1 is 0.765 bits per heavy atom. The van der Waals surface area contributed by atoms with E-state index in [0.29, 0.717) is 11.5 Å². The predicted octanol–water partition coefficient (Wildman–Crippen LogP) is 11.4. The van der Waals surface area contributed by atoms with Crippen LogP contribution in [0.4, 0.5) is 0 Å². The first-order chi connectivity index (χ1) is 24.1. The maximum Gasteiger partial charge on any atom is 2.00 e. The molecule has 0 aliphatic carbocycles. The summed E-state index contributed by atoms with van der Waals surface area (Å²) in [6.07, 6.45) is 5.93. The van der Waals surface area contributed by atoms with Gasteiger partial charge in [-0.05, 0) is 90.1 Å². The fraction of sp³-hybridized carbons (Fsp3) is 0.289. The van der Waals surface area contributed by atoms with Crippen LogP contribution in [-0.2, 0) is 45.1 Å². The van der Waals surface area contributed by atoms with Crippen molar-refractivity contribution >= 4 is 21.8 Å². The van der Waals surface area contributed by atoms with Crippen molar-refractivity contribution in [3.63, 3.8) is 0 Å². The molecule has 0 fully saturated rings. The van der Waals surface area contributed by atoms with Gasteiger partial charge in [-0.25, -0.2) is 4.98 Å². The summed E-state index contributed by atoms with van der Waals surface area (Å²) in [5.41, 5.74) is 12.5. The molecule has 0 radical (unpaired) electrons. The summed E-state index contributed by atoms with van der Waals surface area (Å²) in [5, 5.41) is 7.39. The van der Waals surface area contributed by atoms with Crippen molar-refractivity contribution < 1.29 is 25.2 Å². The molecule has 7 aromatic rings. The Morgan fingerprint density at radius 2 is 1.51 bits per heavy atom. The zero-order valence-corrected chi connectivity index (χ0v) is 32.5. The van der Waals surface area contributed by atoms with Crippen molar-refractivity contribution in [1.29, 1.82) is 0 Å². The monoisotopic (exact) mass is 764 g/mol. The maximum absolute atomic E-state index is 6.68. The first-order valence-corrected chi connectivity index (χ1v) is 17.9. The van der Waals surface area contributed by atoms with E-state index in [0.717, 1.165) is 75.9 Å². The molecule has 0 saturated carbocycles. The van der Waals surface area contributed by atoms with E-state index in [2.05, 4.69) is 145 Å². The Bertz CT molecular complexity index is 2340. The van der Waals surface area contributed by atoms with Gasteiger partial charge in [0, 0.05) is 34.5 Å². The van der Waals surface area contributed by atoms with Crippen LogP contribution in [0.3, 0.4) is 0 Å². The number of nitrogens with zero attached hydrogens (tertiary/aromatic N) is 4. The van der Waals surface area contributed by atoms with Crippen molar-refractivity contribution in [3.8, 4) is 34.1 Å². The second kappa shape index (κ2) is 14.6. The Morgan fingerprint density at radius 3 is 2.22 bits per heavy atom. The Hall–Kier alpha value is -4.50. The van der Waals surface area contributed by atoms with E-state index in [-0.39, 0.29) is 25.8 Å². The van der Waals surface area contributed by atoms with Crippen LogP contribution in [0, 0.1) is 26.0 Å². The first-order valence-electron chi connectivity index (χ1n) is 17.9. The molecule has 4 aromatic carbocycles. The van der Waals surface area contributed by atoms with E-state index in [9.17, 15) is 0 Å². The Labute approximate surface area is 316 Å². The minimum Gasteiger partial charge on any atom is -0.509 e. The largest absolute Gasteiger partial charge is 2.00 e. The second-order valence-corrected chi connectivity index (χ2v) is 14.3. The summed E-state index contributed by atoms with van der Waals surface area (Å²) in [6.45, 7) is 17.6. The molecule has 0 unspecified atom stereocenters. The van der Waals surface area contributed by atoms with E-state index < -0.39 is 0 Å². The van der Waals surface area contributed by atoms with E-state index in [1.165, 1.54) is 27.8 Å². The standard InChI is InChI=1S/C45H46N4O.Pd/c1-9-15-31-22-23-46-42(24-31)48-40-19-13-12-18-38(40)39-21-20-36(28-41(39)48)50-37-26-34(45(6,7)8)25-35(27-37)49-30(5)43(29(4)47-49)44-32(10-2)16-14-17-33(44)11-3;/h12-14,16-26H,9-11,15H2,1-8H3;/q-2;+2. The number of fused-ring (bicyclic) bond motifs is 3. The molecule has 0 atom stereocenters. The maximum atomic E-state index is 6.68. The second-order valence-electron chi connectivity index (χ2n) is 14.3.